The summed E-state index contributed by atoms with van der Waals surface area (Å²) < 4.78 is 14.9. The van der Waals surface area contributed by atoms with Crippen LogP contribution < -0.4 is 10.1 Å². The molecule has 8 heteroatoms. The van der Waals surface area contributed by atoms with E-state index < -0.39 is 30.6 Å². The zero-order valence-electron chi connectivity index (χ0n) is 14.7. The Morgan fingerprint density at radius 3 is 2.26 bits per heavy atom. The van der Waals surface area contributed by atoms with E-state index in [1.165, 1.54) is 38.3 Å². The second kappa shape index (κ2) is 9.59. The van der Waals surface area contributed by atoms with Crippen LogP contribution in [0.15, 0.2) is 48.5 Å². The molecule has 0 unspecified atom stereocenters. The molecule has 0 bridgehead atoms. The van der Waals surface area contributed by atoms with Crippen molar-refractivity contribution in [1.82, 2.24) is 0 Å². The van der Waals surface area contributed by atoms with Gasteiger partial charge in [0, 0.05) is 10.7 Å². The third kappa shape index (κ3) is 6.31. The third-order valence-electron chi connectivity index (χ3n) is 3.39. The van der Waals surface area contributed by atoms with Crippen LogP contribution in [-0.2, 0) is 19.1 Å². The minimum Gasteiger partial charge on any atom is -0.479 e. The molecule has 0 spiro atoms. The first-order valence-corrected chi connectivity index (χ1v) is 8.34. The number of hydrogen-bond acceptors (Lipinski definition) is 6. The van der Waals surface area contributed by atoms with Gasteiger partial charge in [0.1, 0.15) is 5.75 Å². The van der Waals surface area contributed by atoms with Crippen molar-refractivity contribution < 1.29 is 28.6 Å². The van der Waals surface area contributed by atoms with Gasteiger partial charge in [-0.2, -0.15) is 0 Å². The monoisotopic (exact) mass is 391 g/mol. The van der Waals surface area contributed by atoms with Gasteiger partial charge in [0.05, 0.1) is 12.7 Å². The number of nitrogens with one attached hydrogen (secondary N) is 1. The van der Waals surface area contributed by atoms with Crippen molar-refractivity contribution in [3.63, 3.8) is 0 Å². The Morgan fingerprint density at radius 1 is 1.04 bits per heavy atom. The number of benzene rings is 2. The van der Waals surface area contributed by atoms with Gasteiger partial charge in [-0.1, -0.05) is 11.6 Å². The summed E-state index contributed by atoms with van der Waals surface area (Å²) in [5.41, 5.74) is 0.810. The maximum Gasteiger partial charge on any atom is 0.347 e. The van der Waals surface area contributed by atoms with Crippen molar-refractivity contribution >= 4 is 35.1 Å². The standard InChI is InChI=1S/C19H18ClNO6/c1-12(27-16-9-5-14(20)6-10-16)18(23)26-11-17(22)21-15-7-3-13(4-8-15)19(24)25-2/h3-10,12H,11H2,1-2H3,(H,21,22)/t12-/m1/s1. The van der Waals surface area contributed by atoms with Gasteiger partial charge in [-0.15, -0.1) is 0 Å². The Kier molecular flexibility index (Phi) is 7.19. The van der Waals surface area contributed by atoms with Crippen molar-refractivity contribution in [2.75, 3.05) is 19.0 Å². The van der Waals surface area contributed by atoms with Crippen LogP contribution in [0.4, 0.5) is 5.69 Å². The lowest BCUT2D eigenvalue weighted by atomic mass is 10.2. The highest BCUT2D eigenvalue weighted by atomic mass is 35.5. The number of carbonyl (C=O) groups excluding carboxylic acids is 3. The topological polar surface area (TPSA) is 90.9 Å². The molecule has 0 saturated heterocycles. The first kappa shape index (κ1) is 20.3. The van der Waals surface area contributed by atoms with Crippen molar-refractivity contribution in [2.45, 2.75) is 13.0 Å². The fraction of sp³-hybridized carbons (Fsp3) is 0.211. The van der Waals surface area contributed by atoms with Crippen molar-refractivity contribution in [2.24, 2.45) is 0 Å². The van der Waals surface area contributed by atoms with E-state index in [0.29, 0.717) is 22.0 Å². The molecule has 0 radical (unpaired) electrons. The summed E-state index contributed by atoms with van der Waals surface area (Å²) in [6.45, 7) is 1.05. The number of carbonyl (C=O) groups is 3. The molecule has 0 heterocycles. The summed E-state index contributed by atoms with van der Waals surface area (Å²) in [6, 6.07) is 12.6. The minimum absolute atomic E-state index is 0.357. The Balaban J connectivity index is 1.79. The lowest BCUT2D eigenvalue weighted by Crippen LogP contribution is -2.29. The van der Waals surface area contributed by atoms with Gasteiger partial charge in [-0.25, -0.2) is 9.59 Å². The molecule has 0 fully saturated rings. The molecule has 0 aliphatic heterocycles. The Morgan fingerprint density at radius 2 is 1.67 bits per heavy atom. The predicted molar refractivity (Wildman–Crippen MR) is 98.9 cm³/mol. The van der Waals surface area contributed by atoms with Gasteiger partial charge in [-0.05, 0) is 55.5 Å². The molecule has 2 rings (SSSR count). The molecule has 2 aromatic rings. The van der Waals surface area contributed by atoms with Crippen LogP contribution in [0, 0.1) is 0 Å². The molecule has 0 aliphatic carbocycles. The smallest absolute Gasteiger partial charge is 0.347 e. The predicted octanol–water partition coefficient (Wildman–Crippen LogP) is 3.08. The Labute approximate surface area is 161 Å². The molecule has 142 valence electrons. The van der Waals surface area contributed by atoms with Crippen LogP contribution in [-0.4, -0.2) is 37.7 Å². The van der Waals surface area contributed by atoms with Gasteiger partial charge in [-0.3, -0.25) is 4.79 Å². The van der Waals surface area contributed by atoms with Crippen molar-refractivity contribution in [1.29, 1.82) is 0 Å². The molecule has 2 aromatic carbocycles. The highest BCUT2D eigenvalue weighted by Crippen LogP contribution is 2.17. The van der Waals surface area contributed by atoms with Crippen molar-refractivity contribution in [3.8, 4) is 5.75 Å². The molecule has 1 atom stereocenters. The Bertz CT molecular complexity index is 804. The molecule has 0 aromatic heterocycles. The number of rotatable bonds is 7. The number of hydrogen-bond donors (Lipinski definition) is 1. The molecule has 0 saturated carbocycles. The SMILES string of the molecule is COC(=O)c1ccc(NC(=O)COC(=O)[C@@H](C)Oc2ccc(Cl)cc2)cc1. The zero-order chi connectivity index (χ0) is 19.8. The van der Waals surface area contributed by atoms with E-state index in [4.69, 9.17) is 21.1 Å². The Hall–Kier alpha value is -3.06. The van der Waals surface area contributed by atoms with Crippen LogP contribution >= 0.6 is 11.6 Å². The second-order valence-electron chi connectivity index (χ2n) is 5.44. The summed E-state index contributed by atoms with van der Waals surface area (Å²) in [7, 11) is 1.28. The van der Waals surface area contributed by atoms with Gasteiger partial charge >= 0.3 is 11.9 Å². The number of ether oxygens (including phenoxy) is 3. The van der Waals surface area contributed by atoms with E-state index in [9.17, 15) is 14.4 Å². The van der Waals surface area contributed by atoms with E-state index in [2.05, 4.69) is 10.1 Å². The maximum absolute atomic E-state index is 11.9. The zero-order valence-corrected chi connectivity index (χ0v) is 15.5. The maximum atomic E-state index is 11.9. The molecular formula is C19H18ClNO6. The lowest BCUT2D eigenvalue weighted by molar-refractivity contribution is -0.153. The quantitative estimate of drug-likeness (QED) is 0.729. The van der Waals surface area contributed by atoms with Crippen LogP contribution in [0.5, 0.6) is 5.75 Å². The summed E-state index contributed by atoms with van der Waals surface area (Å²) in [6.07, 6.45) is -0.890. The lowest BCUT2D eigenvalue weighted by Gasteiger charge is -2.14. The summed E-state index contributed by atoms with van der Waals surface area (Å²) >= 11 is 5.78. The van der Waals surface area contributed by atoms with Crippen LogP contribution in [0.1, 0.15) is 17.3 Å². The largest absolute Gasteiger partial charge is 0.479 e. The van der Waals surface area contributed by atoms with E-state index >= 15 is 0 Å². The van der Waals surface area contributed by atoms with Crippen LogP contribution in [0.2, 0.25) is 5.02 Å². The second-order valence-corrected chi connectivity index (χ2v) is 5.88. The molecule has 1 N–H and O–H groups in total. The highest BCUT2D eigenvalue weighted by Gasteiger charge is 2.18. The van der Waals surface area contributed by atoms with Gasteiger partial charge in [0.2, 0.25) is 0 Å². The van der Waals surface area contributed by atoms with Gasteiger partial charge < -0.3 is 19.5 Å². The van der Waals surface area contributed by atoms with E-state index in [0.717, 1.165) is 0 Å². The molecule has 7 nitrogen and oxygen atoms in total. The first-order chi connectivity index (χ1) is 12.9. The van der Waals surface area contributed by atoms with E-state index in [-0.39, 0.29) is 0 Å². The van der Waals surface area contributed by atoms with Crippen LogP contribution in [0.3, 0.4) is 0 Å². The van der Waals surface area contributed by atoms with Gasteiger partial charge in [0.25, 0.3) is 5.91 Å². The summed E-state index contributed by atoms with van der Waals surface area (Å²) in [4.78, 5) is 35.1. The highest BCUT2D eigenvalue weighted by molar-refractivity contribution is 6.30. The molecular weight excluding hydrogens is 374 g/mol. The number of methoxy groups -OCH3 is 1. The third-order valence-corrected chi connectivity index (χ3v) is 3.65. The van der Waals surface area contributed by atoms with E-state index in [1.807, 2.05) is 0 Å². The minimum atomic E-state index is -0.890. The average molecular weight is 392 g/mol. The number of halogens is 1. The molecule has 1 amide bonds. The first-order valence-electron chi connectivity index (χ1n) is 7.96. The number of esters is 2. The normalized spacial score (nSPS) is 11.2. The van der Waals surface area contributed by atoms with E-state index in [1.54, 1.807) is 24.3 Å². The van der Waals surface area contributed by atoms with Crippen LogP contribution in [0.25, 0.3) is 0 Å². The number of amides is 1. The average Bonchev–Trinajstić information content (AvgIpc) is 2.67. The molecule has 0 aliphatic rings. The summed E-state index contributed by atoms with van der Waals surface area (Å²) in [5, 5.41) is 3.10. The molecule has 27 heavy (non-hydrogen) atoms. The fourth-order valence-corrected chi connectivity index (χ4v) is 2.15. The number of anilines is 1. The van der Waals surface area contributed by atoms with Crippen molar-refractivity contribution in [3.05, 3.63) is 59.1 Å². The fourth-order valence-electron chi connectivity index (χ4n) is 2.02. The summed E-state index contributed by atoms with van der Waals surface area (Å²) in [5.74, 6) is -1.22. The van der Waals surface area contributed by atoms with Gasteiger partial charge in [0.15, 0.2) is 12.7 Å².